The van der Waals surface area contributed by atoms with E-state index < -0.39 is 43.9 Å². The number of halogens is 1. The van der Waals surface area contributed by atoms with Gasteiger partial charge in [0, 0.05) is 30.8 Å². The van der Waals surface area contributed by atoms with Crippen LogP contribution >= 0.6 is 0 Å². The van der Waals surface area contributed by atoms with Gasteiger partial charge in [-0.25, -0.2) is 21.2 Å². The Bertz CT molecular complexity index is 1680. The van der Waals surface area contributed by atoms with Crippen molar-refractivity contribution in [3.63, 3.8) is 0 Å². The quantitative estimate of drug-likeness (QED) is 0.341. The summed E-state index contributed by atoms with van der Waals surface area (Å²) in [5, 5.41) is 9.87. The summed E-state index contributed by atoms with van der Waals surface area (Å²) in [6.45, 7) is 3.28. The van der Waals surface area contributed by atoms with Crippen LogP contribution in [0.25, 0.3) is 0 Å². The third-order valence-electron chi connectivity index (χ3n) is 7.50. The smallest absolute Gasteiger partial charge is 0.261 e. The summed E-state index contributed by atoms with van der Waals surface area (Å²) >= 11 is 0. The van der Waals surface area contributed by atoms with Gasteiger partial charge in [0.15, 0.2) is 0 Å². The number of anilines is 1. The molecule has 0 saturated heterocycles. The maximum atomic E-state index is 13.5. The molecule has 11 nitrogen and oxygen atoms in total. The van der Waals surface area contributed by atoms with Crippen molar-refractivity contribution in [2.75, 3.05) is 38.6 Å². The number of carbonyl (C=O) groups excluding carboxylic acids is 1. The lowest BCUT2D eigenvalue weighted by molar-refractivity contribution is -0.134. The fraction of sp³-hybridized carbons (Fsp3) is 0.367. The second-order valence-electron chi connectivity index (χ2n) is 10.7. The molecule has 0 spiro atoms. The molecule has 0 saturated carbocycles. The van der Waals surface area contributed by atoms with Crippen LogP contribution in [0.15, 0.2) is 76.5 Å². The Morgan fingerprint density at radius 3 is 2.32 bits per heavy atom. The first-order valence-electron chi connectivity index (χ1n) is 13.8. The predicted molar refractivity (Wildman–Crippen MR) is 162 cm³/mol. The summed E-state index contributed by atoms with van der Waals surface area (Å²) in [5.41, 5.74) is 0.570. The first-order chi connectivity index (χ1) is 20.7. The molecule has 14 heteroatoms. The van der Waals surface area contributed by atoms with Gasteiger partial charge in [-0.1, -0.05) is 6.92 Å². The number of hydrogen-bond donors (Lipinski definition) is 2. The summed E-state index contributed by atoms with van der Waals surface area (Å²) in [4.78, 5) is 14.9. The van der Waals surface area contributed by atoms with Gasteiger partial charge in [0.1, 0.15) is 23.4 Å². The third kappa shape index (κ3) is 7.49. The van der Waals surface area contributed by atoms with Crippen molar-refractivity contribution in [2.24, 2.45) is 5.92 Å². The second kappa shape index (κ2) is 13.5. The van der Waals surface area contributed by atoms with E-state index in [9.17, 15) is 31.1 Å². The molecule has 0 unspecified atom stereocenters. The Labute approximate surface area is 257 Å². The van der Waals surface area contributed by atoms with Crippen LogP contribution in [-0.4, -0.2) is 83.1 Å². The molecule has 1 aliphatic rings. The highest BCUT2D eigenvalue weighted by atomic mass is 32.2. The Kier molecular flexibility index (Phi) is 10.2. The fourth-order valence-electron chi connectivity index (χ4n) is 4.82. The summed E-state index contributed by atoms with van der Waals surface area (Å²) in [5.74, 6) is -0.485. The minimum absolute atomic E-state index is 0.0106. The Morgan fingerprint density at radius 2 is 1.70 bits per heavy atom. The number of nitrogens with one attached hydrogen (secondary N) is 1. The maximum Gasteiger partial charge on any atom is 0.261 e. The second-order valence-corrected chi connectivity index (χ2v) is 14.5. The van der Waals surface area contributed by atoms with E-state index in [1.807, 2.05) is 6.92 Å². The first kappa shape index (κ1) is 33.2. The molecule has 4 rings (SSSR count). The van der Waals surface area contributed by atoms with Gasteiger partial charge >= 0.3 is 0 Å². The number of methoxy groups -OCH3 is 1. The van der Waals surface area contributed by atoms with E-state index in [-0.39, 0.29) is 53.3 Å². The van der Waals surface area contributed by atoms with Crippen LogP contribution in [0, 0.1) is 11.7 Å². The molecular formula is C30H36FN3O8S2. The lowest BCUT2D eigenvalue weighted by atomic mass is 10.0. The summed E-state index contributed by atoms with van der Waals surface area (Å²) in [6, 6.07) is 14.4. The topological polar surface area (TPSA) is 143 Å². The standard InChI is InChI=1S/C30H36FN3O8S2/c1-20-17-34(21(2)19-35)30(36)16-22-15-24(32-43(37,38)26-12-8-25(41-4)9-13-26)7-14-28(22)42-29(20)18-33(3)44(39,40)27-10-5-23(31)6-11-27/h5-15,20-21,29,32,35H,16-19H2,1-4H3/t20-,21+,29-/m0/s1. The van der Waals surface area contributed by atoms with Crippen molar-refractivity contribution in [2.45, 2.75) is 42.2 Å². The number of carbonyl (C=O) groups is 1. The molecule has 44 heavy (non-hydrogen) atoms. The minimum atomic E-state index is -4.01. The monoisotopic (exact) mass is 649 g/mol. The molecule has 0 radical (unpaired) electrons. The molecule has 0 fully saturated rings. The van der Waals surface area contributed by atoms with Crippen LogP contribution in [0.5, 0.6) is 11.5 Å². The van der Waals surface area contributed by atoms with Crippen LogP contribution < -0.4 is 14.2 Å². The summed E-state index contributed by atoms with van der Waals surface area (Å²) in [7, 11) is -5.13. The van der Waals surface area contributed by atoms with Crippen molar-refractivity contribution in [1.29, 1.82) is 0 Å². The number of likely N-dealkylation sites (N-methyl/N-ethyl adjacent to an activating group) is 1. The Hall–Kier alpha value is -3.72. The predicted octanol–water partition coefficient (Wildman–Crippen LogP) is 3.10. The fourth-order valence-corrected chi connectivity index (χ4v) is 7.05. The van der Waals surface area contributed by atoms with Gasteiger partial charge in [-0.15, -0.1) is 0 Å². The summed E-state index contributed by atoms with van der Waals surface area (Å²) < 4.78 is 81.2. The number of fused-ring (bicyclic) bond motifs is 1. The van der Waals surface area contributed by atoms with Gasteiger partial charge in [0.25, 0.3) is 10.0 Å². The average Bonchev–Trinajstić information content (AvgIpc) is 3.04. The Morgan fingerprint density at radius 1 is 1.07 bits per heavy atom. The highest BCUT2D eigenvalue weighted by molar-refractivity contribution is 7.92. The average molecular weight is 650 g/mol. The van der Waals surface area contributed by atoms with Gasteiger partial charge in [-0.2, -0.15) is 4.31 Å². The number of nitrogens with zero attached hydrogens (tertiary/aromatic N) is 2. The zero-order valence-corrected chi connectivity index (χ0v) is 26.4. The lowest BCUT2D eigenvalue weighted by Gasteiger charge is -2.33. The summed E-state index contributed by atoms with van der Waals surface area (Å²) in [6.07, 6.45) is -0.906. The van der Waals surface area contributed by atoms with Crippen molar-refractivity contribution in [3.05, 3.63) is 78.1 Å². The molecule has 3 aromatic rings. The number of benzene rings is 3. The van der Waals surface area contributed by atoms with E-state index in [1.165, 1.54) is 73.7 Å². The largest absolute Gasteiger partial charge is 0.497 e. The van der Waals surface area contributed by atoms with Crippen LogP contribution in [0.2, 0.25) is 0 Å². The van der Waals surface area contributed by atoms with Crippen LogP contribution in [0.4, 0.5) is 10.1 Å². The van der Waals surface area contributed by atoms with E-state index in [2.05, 4.69) is 4.72 Å². The first-order valence-corrected chi connectivity index (χ1v) is 16.8. The van der Waals surface area contributed by atoms with Crippen LogP contribution in [0.3, 0.4) is 0 Å². The van der Waals surface area contributed by atoms with E-state index in [0.717, 1.165) is 16.4 Å². The van der Waals surface area contributed by atoms with Gasteiger partial charge in [-0.05, 0) is 73.7 Å². The number of rotatable bonds is 10. The number of ether oxygens (including phenoxy) is 2. The Balaban J connectivity index is 1.67. The highest BCUT2D eigenvalue weighted by Gasteiger charge is 2.33. The molecule has 0 bridgehead atoms. The van der Waals surface area contributed by atoms with E-state index in [0.29, 0.717) is 11.3 Å². The molecule has 1 aliphatic heterocycles. The lowest BCUT2D eigenvalue weighted by Crippen LogP contribution is -2.48. The molecule has 2 N–H and O–H groups in total. The van der Waals surface area contributed by atoms with Crippen molar-refractivity contribution in [1.82, 2.24) is 9.21 Å². The zero-order valence-electron chi connectivity index (χ0n) is 24.8. The maximum absolute atomic E-state index is 13.5. The normalized spacial score (nSPS) is 18.4. The third-order valence-corrected chi connectivity index (χ3v) is 10.7. The minimum Gasteiger partial charge on any atom is -0.497 e. The van der Waals surface area contributed by atoms with Crippen molar-refractivity contribution < 1.29 is 40.6 Å². The van der Waals surface area contributed by atoms with Gasteiger partial charge in [-0.3, -0.25) is 9.52 Å². The molecule has 1 heterocycles. The molecule has 238 valence electrons. The van der Waals surface area contributed by atoms with E-state index in [4.69, 9.17) is 9.47 Å². The molecule has 0 aliphatic carbocycles. The zero-order chi connectivity index (χ0) is 32.2. The number of amides is 1. The highest BCUT2D eigenvalue weighted by Crippen LogP contribution is 2.31. The number of aliphatic hydroxyl groups excluding tert-OH is 1. The van der Waals surface area contributed by atoms with Crippen molar-refractivity contribution in [3.8, 4) is 11.5 Å². The molecular weight excluding hydrogens is 613 g/mol. The number of sulfonamides is 2. The molecule has 3 aromatic carbocycles. The molecule has 3 atom stereocenters. The molecule has 1 amide bonds. The van der Waals surface area contributed by atoms with Crippen LogP contribution in [-0.2, 0) is 31.3 Å². The van der Waals surface area contributed by atoms with Gasteiger partial charge in [0.05, 0.1) is 42.5 Å². The molecule has 0 aromatic heterocycles. The van der Waals surface area contributed by atoms with Crippen molar-refractivity contribution >= 4 is 31.6 Å². The number of hydrogen-bond acceptors (Lipinski definition) is 8. The SMILES string of the molecule is COc1ccc(S(=O)(=O)Nc2ccc3c(c2)CC(=O)N([C@H](C)CO)C[C@H](C)[C@H](CN(C)S(=O)(=O)c2ccc(F)cc2)O3)cc1. The van der Waals surface area contributed by atoms with Crippen LogP contribution in [0.1, 0.15) is 19.4 Å². The number of aliphatic hydroxyl groups is 1. The van der Waals surface area contributed by atoms with Gasteiger partial charge < -0.3 is 19.5 Å². The van der Waals surface area contributed by atoms with Gasteiger partial charge in [0.2, 0.25) is 15.9 Å². The van der Waals surface area contributed by atoms with E-state index in [1.54, 1.807) is 6.92 Å². The van der Waals surface area contributed by atoms with E-state index >= 15 is 0 Å².